The zero-order chi connectivity index (χ0) is 13.2. The number of nitrogens with one attached hydrogen (secondary N) is 1. The Hall–Kier alpha value is -1.02. The Bertz CT molecular complexity index is 445. The lowest BCUT2D eigenvalue weighted by molar-refractivity contribution is 0.178. The summed E-state index contributed by atoms with van der Waals surface area (Å²) in [7, 11) is 0. The molecule has 2 nitrogen and oxygen atoms in total. The molecule has 1 atom stereocenters. The fraction of sp³-hybridized carbons (Fsp3) is 0.647. The summed E-state index contributed by atoms with van der Waals surface area (Å²) in [4.78, 5) is 0. The van der Waals surface area contributed by atoms with Crippen molar-refractivity contribution in [2.24, 2.45) is 5.92 Å². The average Bonchev–Trinajstić information content (AvgIpc) is 2.82. The zero-order valence-electron chi connectivity index (χ0n) is 12.2. The highest BCUT2D eigenvalue weighted by atomic mass is 16.5. The van der Waals surface area contributed by atoms with Crippen LogP contribution in [-0.4, -0.2) is 13.2 Å². The highest BCUT2D eigenvalue weighted by molar-refractivity contribution is 5.45. The maximum atomic E-state index is 6.20. The summed E-state index contributed by atoms with van der Waals surface area (Å²) < 4.78 is 6.20. The van der Waals surface area contributed by atoms with Gasteiger partial charge < -0.3 is 10.1 Å². The predicted molar refractivity (Wildman–Crippen MR) is 78.7 cm³/mol. The molecule has 104 valence electrons. The molecule has 1 aliphatic carbocycles. The van der Waals surface area contributed by atoms with Crippen molar-refractivity contribution in [2.75, 3.05) is 13.2 Å². The number of hydrogen-bond acceptors (Lipinski definition) is 2. The Labute approximate surface area is 116 Å². The van der Waals surface area contributed by atoms with Gasteiger partial charge in [-0.15, -0.1) is 0 Å². The lowest BCUT2D eigenvalue weighted by Crippen LogP contribution is -2.21. The first kappa shape index (κ1) is 13.0. The van der Waals surface area contributed by atoms with E-state index in [0.717, 1.165) is 24.8 Å². The molecule has 2 aliphatic rings. The normalized spacial score (nSPS) is 23.4. The zero-order valence-corrected chi connectivity index (χ0v) is 12.2. The molecule has 0 bridgehead atoms. The lowest BCUT2D eigenvalue weighted by Gasteiger charge is -2.27. The third-order valence-electron chi connectivity index (χ3n) is 4.57. The van der Waals surface area contributed by atoms with Crippen molar-refractivity contribution in [3.63, 3.8) is 0 Å². The number of hydrogen-bond donors (Lipinski definition) is 1. The van der Waals surface area contributed by atoms with E-state index in [2.05, 4.69) is 31.3 Å². The van der Waals surface area contributed by atoms with Crippen LogP contribution in [0.3, 0.4) is 0 Å². The molecule has 1 saturated carbocycles. The molecule has 2 fully saturated rings. The topological polar surface area (TPSA) is 21.3 Å². The summed E-state index contributed by atoms with van der Waals surface area (Å²) in [5.41, 5.74) is 4.02. The van der Waals surface area contributed by atoms with Crippen molar-refractivity contribution >= 4 is 0 Å². The molecule has 1 unspecified atom stereocenters. The van der Waals surface area contributed by atoms with Crippen molar-refractivity contribution in [1.29, 1.82) is 0 Å². The van der Waals surface area contributed by atoms with Gasteiger partial charge in [0.25, 0.3) is 0 Å². The minimum Gasteiger partial charge on any atom is -0.493 e. The molecule has 1 heterocycles. The number of rotatable bonds is 4. The summed E-state index contributed by atoms with van der Waals surface area (Å²) in [6.45, 7) is 6.41. The van der Waals surface area contributed by atoms with E-state index >= 15 is 0 Å². The molecule has 1 aromatic carbocycles. The van der Waals surface area contributed by atoms with Crippen molar-refractivity contribution in [3.8, 4) is 5.75 Å². The molecule has 1 aliphatic heterocycles. The first-order valence-corrected chi connectivity index (χ1v) is 7.71. The van der Waals surface area contributed by atoms with E-state index in [-0.39, 0.29) is 0 Å². The third kappa shape index (κ3) is 2.79. The van der Waals surface area contributed by atoms with Gasteiger partial charge in [0.2, 0.25) is 0 Å². The van der Waals surface area contributed by atoms with E-state index in [0.29, 0.717) is 6.04 Å². The van der Waals surface area contributed by atoms with Gasteiger partial charge in [-0.2, -0.15) is 0 Å². The predicted octanol–water partition coefficient (Wildman–Crippen LogP) is 3.91. The first-order valence-electron chi connectivity index (χ1n) is 7.71. The van der Waals surface area contributed by atoms with Crippen LogP contribution in [0.15, 0.2) is 12.1 Å². The monoisotopic (exact) mass is 259 g/mol. The Kier molecular flexibility index (Phi) is 3.79. The largest absolute Gasteiger partial charge is 0.493 e. The van der Waals surface area contributed by atoms with E-state index in [1.165, 1.54) is 48.8 Å². The number of benzene rings is 1. The molecule has 0 amide bonds. The van der Waals surface area contributed by atoms with Crippen LogP contribution in [0.2, 0.25) is 0 Å². The van der Waals surface area contributed by atoms with Gasteiger partial charge in [-0.3, -0.25) is 0 Å². The van der Waals surface area contributed by atoms with Gasteiger partial charge in [0.15, 0.2) is 0 Å². The molecule has 0 spiro atoms. The second-order valence-corrected chi connectivity index (χ2v) is 6.26. The molecule has 2 heteroatoms. The summed E-state index contributed by atoms with van der Waals surface area (Å²) >= 11 is 0. The van der Waals surface area contributed by atoms with Crippen LogP contribution in [0.4, 0.5) is 0 Å². The van der Waals surface area contributed by atoms with Gasteiger partial charge in [0, 0.05) is 11.6 Å². The van der Waals surface area contributed by atoms with E-state index in [9.17, 15) is 0 Å². The number of ether oxygens (including phenoxy) is 1. The molecular weight excluding hydrogens is 234 g/mol. The molecule has 1 N–H and O–H groups in total. The summed E-state index contributed by atoms with van der Waals surface area (Å²) in [6.07, 6.45) is 6.60. The van der Waals surface area contributed by atoms with Crippen LogP contribution < -0.4 is 10.1 Å². The quantitative estimate of drug-likeness (QED) is 0.885. The van der Waals surface area contributed by atoms with Gasteiger partial charge in [-0.1, -0.05) is 24.1 Å². The van der Waals surface area contributed by atoms with Crippen LogP contribution in [-0.2, 0) is 0 Å². The van der Waals surface area contributed by atoms with Crippen molar-refractivity contribution in [2.45, 2.75) is 52.0 Å². The first-order chi connectivity index (χ1) is 9.24. The van der Waals surface area contributed by atoms with Crippen LogP contribution in [0.1, 0.15) is 54.8 Å². The molecule has 0 radical (unpaired) electrons. The van der Waals surface area contributed by atoms with Crippen LogP contribution in [0.5, 0.6) is 5.75 Å². The van der Waals surface area contributed by atoms with Gasteiger partial charge in [0.05, 0.1) is 6.61 Å². The fourth-order valence-corrected chi connectivity index (χ4v) is 3.25. The average molecular weight is 259 g/mol. The van der Waals surface area contributed by atoms with Gasteiger partial charge in [-0.05, 0) is 57.6 Å². The summed E-state index contributed by atoms with van der Waals surface area (Å²) in [6, 6.07) is 5.05. The van der Waals surface area contributed by atoms with Crippen LogP contribution >= 0.6 is 0 Å². The second kappa shape index (κ2) is 5.54. The summed E-state index contributed by atoms with van der Waals surface area (Å²) in [5.74, 6) is 1.95. The van der Waals surface area contributed by atoms with E-state index in [4.69, 9.17) is 4.74 Å². The number of aryl methyl sites for hydroxylation is 2. The van der Waals surface area contributed by atoms with Gasteiger partial charge in [0.1, 0.15) is 5.75 Å². The van der Waals surface area contributed by atoms with Crippen molar-refractivity contribution < 1.29 is 4.74 Å². The van der Waals surface area contributed by atoms with Gasteiger partial charge >= 0.3 is 0 Å². The Morgan fingerprint density at radius 1 is 1.16 bits per heavy atom. The van der Waals surface area contributed by atoms with Crippen molar-refractivity contribution in [3.05, 3.63) is 28.8 Å². The standard InChI is InChI=1S/C17H25NO/c1-12-9-13(2)17(19-11-14-5-3-6-14)15(10-12)16-7-4-8-18-16/h9-10,14,16,18H,3-8,11H2,1-2H3. The lowest BCUT2D eigenvalue weighted by atomic mass is 9.86. The van der Waals surface area contributed by atoms with Gasteiger partial charge in [-0.25, -0.2) is 0 Å². The smallest absolute Gasteiger partial charge is 0.126 e. The van der Waals surface area contributed by atoms with Crippen LogP contribution in [0, 0.1) is 19.8 Å². The molecular formula is C17H25NO. The highest BCUT2D eigenvalue weighted by Crippen LogP contribution is 2.36. The third-order valence-corrected chi connectivity index (χ3v) is 4.57. The molecule has 19 heavy (non-hydrogen) atoms. The van der Waals surface area contributed by atoms with Crippen molar-refractivity contribution in [1.82, 2.24) is 5.32 Å². The Morgan fingerprint density at radius 3 is 2.63 bits per heavy atom. The molecule has 3 rings (SSSR count). The van der Waals surface area contributed by atoms with E-state index in [1.807, 2.05) is 0 Å². The summed E-state index contributed by atoms with van der Waals surface area (Å²) in [5, 5.41) is 3.60. The Balaban J connectivity index is 1.81. The Morgan fingerprint density at radius 2 is 2.00 bits per heavy atom. The minimum absolute atomic E-state index is 0.495. The fourth-order valence-electron chi connectivity index (χ4n) is 3.25. The van der Waals surface area contributed by atoms with E-state index in [1.54, 1.807) is 0 Å². The minimum atomic E-state index is 0.495. The van der Waals surface area contributed by atoms with E-state index < -0.39 is 0 Å². The molecule has 0 aromatic heterocycles. The van der Waals surface area contributed by atoms with Crippen LogP contribution in [0.25, 0.3) is 0 Å². The molecule has 1 saturated heterocycles. The maximum Gasteiger partial charge on any atom is 0.126 e. The SMILES string of the molecule is Cc1cc(C)c(OCC2CCC2)c(C2CCCN2)c1. The second-order valence-electron chi connectivity index (χ2n) is 6.26. The molecule has 1 aromatic rings. The maximum absolute atomic E-state index is 6.20. The highest BCUT2D eigenvalue weighted by Gasteiger charge is 2.23.